The highest BCUT2D eigenvalue weighted by Gasteiger charge is 2.18. The molecule has 1 unspecified atom stereocenters. The Balaban J connectivity index is 1.63. The number of anilines is 2. The minimum Gasteiger partial charge on any atom is -0.508 e. The monoisotopic (exact) mass is 381 g/mol. The van der Waals surface area contributed by atoms with E-state index < -0.39 is 0 Å². The van der Waals surface area contributed by atoms with Gasteiger partial charge < -0.3 is 20.6 Å². The lowest BCUT2D eigenvalue weighted by Gasteiger charge is -2.21. The molecule has 0 bridgehead atoms. The molecule has 1 fully saturated rings. The number of unbranched alkanes of at least 4 members (excludes halogenated alkanes) is 1. The zero-order chi connectivity index (χ0) is 19.8. The molecular formula is C23H31N3O2. The summed E-state index contributed by atoms with van der Waals surface area (Å²) in [6, 6.07) is 15.0. The Morgan fingerprint density at radius 1 is 1.14 bits per heavy atom. The second-order valence-electron chi connectivity index (χ2n) is 7.48. The van der Waals surface area contributed by atoms with Crippen molar-refractivity contribution < 1.29 is 9.90 Å². The van der Waals surface area contributed by atoms with Crippen LogP contribution in [-0.2, 0) is 11.3 Å². The zero-order valence-electron chi connectivity index (χ0n) is 16.7. The van der Waals surface area contributed by atoms with Gasteiger partial charge in [-0.1, -0.05) is 38.0 Å². The fourth-order valence-corrected chi connectivity index (χ4v) is 3.63. The fraction of sp³-hybridized carbons (Fsp3) is 0.435. The maximum absolute atomic E-state index is 12.9. The van der Waals surface area contributed by atoms with E-state index in [-0.39, 0.29) is 17.7 Å². The first kappa shape index (κ1) is 20.2. The van der Waals surface area contributed by atoms with E-state index in [1.807, 2.05) is 24.3 Å². The minimum atomic E-state index is -0.266. The van der Waals surface area contributed by atoms with Gasteiger partial charge in [0.15, 0.2) is 0 Å². The lowest BCUT2D eigenvalue weighted by atomic mass is 10.1. The fourth-order valence-electron chi connectivity index (χ4n) is 3.63. The Kier molecular flexibility index (Phi) is 7.31. The topological polar surface area (TPSA) is 64.6 Å². The van der Waals surface area contributed by atoms with Crippen LogP contribution in [0.15, 0.2) is 48.5 Å². The number of benzene rings is 2. The van der Waals surface area contributed by atoms with E-state index in [0.29, 0.717) is 6.54 Å². The van der Waals surface area contributed by atoms with Crippen molar-refractivity contribution in [3.8, 4) is 5.75 Å². The summed E-state index contributed by atoms with van der Waals surface area (Å²) in [6.07, 6.45) is 5.28. The summed E-state index contributed by atoms with van der Waals surface area (Å²) in [5.74, 6) is 0.236. The number of phenolic OH excluding ortho intramolecular Hbond substituents is 1. The van der Waals surface area contributed by atoms with E-state index in [1.165, 1.54) is 18.5 Å². The van der Waals surface area contributed by atoms with Crippen LogP contribution < -0.4 is 15.5 Å². The van der Waals surface area contributed by atoms with Gasteiger partial charge in [0.25, 0.3) is 0 Å². The van der Waals surface area contributed by atoms with Gasteiger partial charge in [0.05, 0.1) is 6.04 Å². The summed E-state index contributed by atoms with van der Waals surface area (Å²) in [4.78, 5) is 15.3. The second kappa shape index (κ2) is 10.1. The molecule has 3 N–H and O–H groups in total. The second-order valence-corrected chi connectivity index (χ2v) is 7.48. The van der Waals surface area contributed by atoms with Crippen molar-refractivity contribution in [2.24, 2.45) is 0 Å². The predicted molar refractivity (Wildman–Crippen MR) is 115 cm³/mol. The Labute approximate surface area is 167 Å². The SMILES string of the molecule is CCCCC(NCc1cccc(O)c1)C(=O)Nc1cccc(N2CCCC2)c1. The molecule has 5 nitrogen and oxygen atoms in total. The van der Waals surface area contributed by atoms with Crippen LogP contribution in [0.3, 0.4) is 0 Å². The molecule has 1 saturated heterocycles. The molecule has 0 aromatic heterocycles. The smallest absolute Gasteiger partial charge is 0.241 e. The summed E-state index contributed by atoms with van der Waals surface area (Å²) >= 11 is 0. The van der Waals surface area contributed by atoms with Crippen LogP contribution in [0.25, 0.3) is 0 Å². The molecule has 0 aliphatic carbocycles. The highest BCUT2D eigenvalue weighted by molar-refractivity contribution is 5.95. The third kappa shape index (κ3) is 5.73. The number of hydrogen-bond donors (Lipinski definition) is 3. The number of hydrogen-bond acceptors (Lipinski definition) is 4. The van der Waals surface area contributed by atoms with Crippen LogP contribution in [0, 0.1) is 0 Å². The van der Waals surface area contributed by atoms with E-state index >= 15 is 0 Å². The number of nitrogens with one attached hydrogen (secondary N) is 2. The first-order chi connectivity index (χ1) is 13.7. The Morgan fingerprint density at radius 3 is 2.68 bits per heavy atom. The van der Waals surface area contributed by atoms with Gasteiger partial charge in [0.1, 0.15) is 5.75 Å². The number of carbonyl (C=O) groups excluding carboxylic acids is 1. The van der Waals surface area contributed by atoms with Gasteiger partial charge in [0.2, 0.25) is 5.91 Å². The summed E-state index contributed by atoms with van der Waals surface area (Å²) in [7, 11) is 0. The first-order valence-electron chi connectivity index (χ1n) is 10.3. The lowest BCUT2D eigenvalue weighted by Crippen LogP contribution is -2.40. The molecule has 28 heavy (non-hydrogen) atoms. The van der Waals surface area contributed by atoms with Crippen LogP contribution >= 0.6 is 0 Å². The molecule has 150 valence electrons. The summed E-state index contributed by atoms with van der Waals surface area (Å²) in [5, 5.41) is 16.1. The highest BCUT2D eigenvalue weighted by Crippen LogP contribution is 2.23. The molecule has 3 rings (SSSR count). The maximum atomic E-state index is 12.9. The predicted octanol–water partition coefficient (Wildman–Crippen LogP) is 4.28. The molecule has 5 heteroatoms. The van der Waals surface area contributed by atoms with Gasteiger partial charge >= 0.3 is 0 Å². The molecule has 1 amide bonds. The van der Waals surface area contributed by atoms with Crippen molar-refractivity contribution in [3.63, 3.8) is 0 Å². The van der Waals surface area contributed by atoms with Crippen LogP contribution in [0.5, 0.6) is 5.75 Å². The molecule has 0 saturated carbocycles. The highest BCUT2D eigenvalue weighted by atomic mass is 16.3. The van der Waals surface area contributed by atoms with Crippen molar-refractivity contribution in [1.29, 1.82) is 0 Å². The number of rotatable bonds is 9. The third-order valence-corrected chi connectivity index (χ3v) is 5.21. The van der Waals surface area contributed by atoms with E-state index in [4.69, 9.17) is 0 Å². The molecule has 0 spiro atoms. The largest absolute Gasteiger partial charge is 0.508 e. The van der Waals surface area contributed by atoms with Gasteiger partial charge in [-0.15, -0.1) is 0 Å². The minimum absolute atomic E-state index is 0.00725. The van der Waals surface area contributed by atoms with E-state index in [9.17, 15) is 9.90 Å². The molecule has 1 aliphatic rings. The standard InChI is InChI=1S/C23H31N3O2/c1-2-3-12-22(24-17-18-8-6-11-21(27)15-18)23(28)25-19-9-7-10-20(16-19)26-13-4-5-14-26/h6-11,15-16,22,24,27H,2-5,12-14,17H2,1H3,(H,25,28). The van der Waals surface area contributed by atoms with Crippen molar-refractivity contribution >= 4 is 17.3 Å². The molecule has 0 radical (unpaired) electrons. The summed E-state index contributed by atoms with van der Waals surface area (Å²) in [5.41, 5.74) is 2.98. The van der Waals surface area contributed by atoms with E-state index in [1.54, 1.807) is 12.1 Å². The van der Waals surface area contributed by atoms with Crippen LogP contribution in [-0.4, -0.2) is 30.1 Å². The Morgan fingerprint density at radius 2 is 1.93 bits per heavy atom. The van der Waals surface area contributed by atoms with E-state index in [2.05, 4.69) is 34.6 Å². The number of phenols is 1. The van der Waals surface area contributed by atoms with Gasteiger partial charge in [0, 0.05) is 31.0 Å². The van der Waals surface area contributed by atoms with Crippen molar-refractivity contribution in [2.75, 3.05) is 23.3 Å². The molecule has 2 aromatic carbocycles. The molecule has 1 atom stereocenters. The van der Waals surface area contributed by atoms with Crippen LogP contribution in [0.1, 0.15) is 44.6 Å². The molecule has 1 heterocycles. The normalized spacial score (nSPS) is 14.8. The average molecular weight is 382 g/mol. The van der Waals surface area contributed by atoms with E-state index in [0.717, 1.165) is 43.6 Å². The number of carbonyl (C=O) groups is 1. The zero-order valence-corrected chi connectivity index (χ0v) is 16.7. The Hall–Kier alpha value is -2.53. The number of nitrogens with zero attached hydrogens (tertiary/aromatic N) is 1. The lowest BCUT2D eigenvalue weighted by molar-refractivity contribution is -0.118. The van der Waals surface area contributed by atoms with Crippen molar-refractivity contribution in [3.05, 3.63) is 54.1 Å². The Bertz CT molecular complexity index is 772. The number of amides is 1. The molecular weight excluding hydrogens is 350 g/mol. The van der Waals surface area contributed by atoms with Crippen molar-refractivity contribution in [1.82, 2.24) is 5.32 Å². The van der Waals surface area contributed by atoms with Gasteiger partial charge in [-0.05, 0) is 55.2 Å². The van der Waals surface area contributed by atoms with Crippen LogP contribution in [0.4, 0.5) is 11.4 Å². The van der Waals surface area contributed by atoms with Gasteiger partial charge in [-0.3, -0.25) is 4.79 Å². The van der Waals surface area contributed by atoms with Gasteiger partial charge in [-0.2, -0.15) is 0 Å². The first-order valence-corrected chi connectivity index (χ1v) is 10.3. The molecule has 1 aliphatic heterocycles. The number of aromatic hydroxyl groups is 1. The summed E-state index contributed by atoms with van der Waals surface area (Å²) in [6.45, 7) is 4.84. The van der Waals surface area contributed by atoms with Crippen molar-refractivity contribution in [2.45, 2.75) is 51.6 Å². The van der Waals surface area contributed by atoms with Crippen LogP contribution in [0.2, 0.25) is 0 Å². The van der Waals surface area contributed by atoms with Gasteiger partial charge in [-0.25, -0.2) is 0 Å². The maximum Gasteiger partial charge on any atom is 0.241 e. The average Bonchev–Trinajstić information content (AvgIpc) is 3.23. The third-order valence-electron chi connectivity index (χ3n) is 5.21. The quantitative estimate of drug-likeness (QED) is 0.607. The summed E-state index contributed by atoms with van der Waals surface area (Å²) < 4.78 is 0. The molecule has 2 aromatic rings.